The average Bonchev–Trinajstić information content (AvgIpc) is 2.84. The Morgan fingerprint density at radius 2 is 2.09 bits per heavy atom. The fourth-order valence-electron chi connectivity index (χ4n) is 2.41. The number of aliphatic hydroxyl groups is 1. The zero-order valence-corrected chi connectivity index (χ0v) is 16.1. The van der Waals surface area contributed by atoms with Crippen molar-refractivity contribution in [3.8, 4) is 0 Å². The Kier molecular flexibility index (Phi) is 8.93. The highest BCUT2D eigenvalue weighted by molar-refractivity contribution is 14.0. The number of rotatable bonds is 7. The number of halogens is 1. The van der Waals surface area contributed by atoms with Gasteiger partial charge in [-0.1, -0.05) is 12.1 Å². The van der Waals surface area contributed by atoms with Gasteiger partial charge >= 0.3 is 0 Å². The lowest BCUT2D eigenvalue weighted by atomic mass is 10.3. The summed E-state index contributed by atoms with van der Waals surface area (Å²) in [5.74, 6) is 1.79. The predicted molar refractivity (Wildman–Crippen MR) is 106 cm³/mol. The molecule has 0 saturated carbocycles. The molecule has 0 atom stereocenters. The molecule has 0 aliphatic heterocycles. The van der Waals surface area contributed by atoms with Crippen molar-refractivity contribution in [1.29, 1.82) is 0 Å². The van der Waals surface area contributed by atoms with Crippen LogP contribution >= 0.6 is 24.0 Å². The van der Waals surface area contributed by atoms with Crippen LogP contribution in [0.25, 0.3) is 11.0 Å². The number of hydrogen-bond acceptors (Lipinski definition) is 3. The van der Waals surface area contributed by atoms with Crippen LogP contribution in [-0.4, -0.2) is 46.9 Å². The van der Waals surface area contributed by atoms with Gasteiger partial charge in [-0.2, -0.15) is 0 Å². The average molecular weight is 431 g/mol. The molecule has 7 heteroatoms. The second kappa shape index (κ2) is 10.4. The van der Waals surface area contributed by atoms with E-state index in [4.69, 9.17) is 5.11 Å². The van der Waals surface area contributed by atoms with Crippen LogP contribution in [0.5, 0.6) is 0 Å². The van der Waals surface area contributed by atoms with Crippen LogP contribution in [0.15, 0.2) is 29.3 Å². The predicted octanol–water partition coefficient (Wildman–Crippen LogP) is 1.90. The highest BCUT2D eigenvalue weighted by Crippen LogP contribution is 2.15. The molecule has 1 aromatic heterocycles. The van der Waals surface area contributed by atoms with Gasteiger partial charge in [-0.05, 0) is 32.4 Å². The van der Waals surface area contributed by atoms with E-state index in [1.807, 2.05) is 32.0 Å². The van der Waals surface area contributed by atoms with Crippen LogP contribution in [0, 0.1) is 6.92 Å². The topological polar surface area (TPSA) is 74.5 Å². The Hall–Kier alpha value is -1.35. The van der Waals surface area contributed by atoms with E-state index < -0.39 is 0 Å². The number of para-hydroxylation sites is 2. The number of aromatic nitrogens is 2. The molecule has 23 heavy (non-hydrogen) atoms. The summed E-state index contributed by atoms with van der Waals surface area (Å²) in [5.41, 5.74) is 2.22. The molecule has 0 amide bonds. The van der Waals surface area contributed by atoms with Gasteiger partial charge in [0.1, 0.15) is 5.82 Å². The SMILES string of the molecule is CCNC(=NCCCn1c(C)nc2ccccc21)NCCO.I. The standard InChI is InChI=1S/C16H25N5O.HI/c1-3-17-16(19-10-12-22)18-9-6-11-21-13(2)20-14-7-4-5-8-15(14)21;/h4-5,7-8,22H,3,6,9-12H2,1-2H3,(H2,17,18,19);1H. The van der Waals surface area contributed by atoms with Crippen molar-refractivity contribution in [2.24, 2.45) is 4.99 Å². The molecule has 2 rings (SSSR count). The second-order valence-corrected chi connectivity index (χ2v) is 5.06. The summed E-state index contributed by atoms with van der Waals surface area (Å²) >= 11 is 0. The van der Waals surface area contributed by atoms with E-state index in [-0.39, 0.29) is 30.6 Å². The van der Waals surface area contributed by atoms with Gasteiger partial charge in [0.05, 0.1) is 17.6 Å². The fourth-order valence-corrected chi connectivity index (χ4v) is 2.41. The van der Waals surface area contributed by atoms with Gasteiger partial charge in [-0.25, -0.2) is 4.98 Å². The number of guanidine groups is 1. The van der Waals surface area contributed by atoms with Crippen molar-refractivity contribution < 1.29 is 5.11 Å². The molecule has 128 valence electrons. The molecule has 0 aliphatic carbocycles. The Bertz CT molecular complexity index is 626. The van der Waals surface area contributed by atoms with Crippen LogP contribution < -0.4 is 10.6 Å². The third-order valence-electron chi connectivity index (χ3n) is 3.40. The number of nitrogens with zero attached hydrogens (tertiary/aromatic N) is 3. The molecule has 1 aromatic carbocycles. The molecule has 0 radical (unpaired) electrons. The summed E-state index contributed by atoms with van der Waals surface area (Å²) in [4.78, 5) is 9.08. The molecule has 0 aliphatic rings. The Labute approximate surface area is 154 Å². The third-order valence-corrected chi connectivity index (χ3v) is 3.40. The lowest BCUT2D eigenvalue weighted by molar-refractivity contribution is 0.300. The zero-order valence-electron chi connectivity index (χ0n) is 13.7. The van der Waals surface area contributed by atoms with Gasteiger partial charge in [0.15, 0.2) is 5.96 Å². The lowest BCUT2D eigenvalue weighted by Crippen LogP contribution is -2.38. The van der Waals surface area contributed by atoms with Gasteiger partial charge in [0.2, 0.25) is 0 Å². The third kappa shape index (κ3) is 5.65. The fraction of sp³-hybridized carbons (Fsp3) is 0.500. The minimum atomic E-state index is 0. The Morgan fingerprint density at radius 1 is 1.30 bits per heavy atom. The Balaban J connectivity index is 0.00000264. The molecule has 0 fully saturated rings. The first-order valence-electron chi connectivity index (χ1n) is 7.81. The summed E-state index contributed by atoms with van der Waals surface area (Å²) in [5, 5.41) is 15.1. The molecule has 0 spiro atoms. The molecular formula is C16H26IN5O. The Morgan fingerprint density at radius 3 is 2.83 bits per heavy atom. The first kappa shape index (κ1) is 19.7. The van der Waals surface area contributed by atoms with E-state index >= 15 is 0 Å². The first-order chi connectivity index (χ1) is 10.8. The maximum Gasteiger partial charge on any atom is 0.191 e. The van der Waals surface area contributed by atoms with E-state index in [0.717, 1.165) is 43.4 Å². The maximum atomic E-state index is 8.86. The number of fused-ring (bicyclic) bond motifs is 1. The van der Waals surface area contributed by atoms with Gasteiger partial charge < -0.3 is 20.3 Å². The molecular weight excluding hydrogens is 405 g/mol. The summed E-state index contributed by atoms with van der Waals surface area (Å²) < 4.78 is 2.24. The number of aryl methyl sites for hydroxylation is 2. The van der Waals surface area contributed by atoms with Crippen LogP contribution in [-0.2, 0) is 6.54 Å². The van der Waals surface area contributed by atoms with E-state index in [1.54, 1.807) is 0 Å². The minimum absolute atomic E-state index is 0. The van der Waals surface area contributed by atoms with E-state index in [0.29, 0.717) is 6.54 Å². The van der Waals surface area contributed by atoms with Crippen LogP contribution in [0.1, 0.15) is 19.2 Å². The number of nitrogens with one attached hydrogen (secondary N) is 2. The molecule has 0 saturated heterocycles. The first-order valence-corrected chi connectivity index (χ1v) is 7.81. The monoisotopic (exact) mass is 431 g/mol. The van der Waals surface area contributed by atoms with Crippen LogP contribution in [0.3, 0.4) is 0 Å². The van der Waals surface area contributed by atoms with Crippen molar-refractivity contribution in [3.05, 3.63) is 30.1 Å². The summed E-state index contributed by atoms with van der Waals surface area (Å²) in [6, 6.07) is 8.20. The van der Waals surface area contributed by atoms with Crippen molar-refractivity contribution in [2.45, 2.75) is 26.8 Å². The highest BCUT2D eigenvalue weighted by Gasteiger charge is 2.05. The zero-order chi connectivity index (χ0) is 15.8. The highest BCUT2D eigenvalue weighted by atomic mass is 127. The smallest absolute Gasteiger partial charge is 0.191 e. The summed E-state index contributed by atoms with van der Waals surface area (Å²) in [6.07, 6.45) is 0.941. The normalized spacial score (nSPS) is 11.3. The minimum Gasteiger partial charge on any atom is -0.395 e. The van der Waals surface area contributed by atoms with Crippen LogP contribution in [0.4, 0.5) is 0 Å². The number of aliphatic hydroxyl groups excluding tert-OH is 1. The molecule has 1 heterocycles. The molecule has 6 nitrogen and oxygen atoms in total. The van der Waals surface area contributed by atoms with Gasteiger partial charge in [-0.15, -0.1) is 24.0 Å². The van der Waals surface area contributed by atoms with Crippen molar-refractivity contribution in [1.82, 2.24) is 20.2 Å². The number of benzene rings is 1. The summed E-state index contributed by atoms with van der Waals surface area (Å²) in [6.45, 7) is 7.11. The van der Waals surface area contributed by atoms with Crippen molar-refractivity contribution in [2.75, 3.05) is 26.2 Å². The second-order valence-electron chi connectivity index (χ2n) is 5.06. The quantitative estimate of drug-likeness (QED) is 0.271. The maximum absolute atomic E-state index is 8.86. The van der Waals surface area contributed by atoms with Gasteiger partial charge in [-0.3, -0.25) is 4.99 Å². The number of aliphatic imine (C=N–C) groups is 1. The van der Waals surface area contributed by atoms with Gasteiger partial charge in [0.25, 0.3) is 0 Å². The van der Waals surface area contributed by atoms with Crippen molar-refractivity contribution >= 4 is 41.0 Å². The largest absolute Gasteiger partial charge is 0.395 e. The number of imidazole rings is 1. The summed E-state index contributed by atoms with van der Waals surface area (Å²) in [7, 11) is 0. The molecule has 3 N–H and O–H groups in total. The van der Waals surface area contributed by atoms with E-state index in [2.05, 4.69) is 31.2 Å². The lowest BCUT2D eigenvalue weighted by Gasteiger charge is -2.10. The molecule has 0 unspecified atom stereocenters. The van der Waals surface area contributed by atoms with Crippen molar-refractivity contribution in [3.63, 3.8) is 0 Å². The molecule has 2 aromatic rings. The molecule has 0 bridgehead atoms. The number of hydrogen-bond donors (Lipinski definition) is 3. The van der Waals surface area contributed by atoms with E-state index in [9.17, 15) is 0 Å². The van der Waals surface area contributed by atoms with Crippen LogP contribution in [0.2, 0.25) is 0 Å². The van der Waals surface area contributed by atoms with E-state index in [1.165, 1.54) is 5.52 Å². The van der Waals surface area contributed by atoms with Gasteiger partial charge in [0, 0.05) is 26.2 Å².